The van der Waals surface area contributed by atoms with Crippen molar-refractivity contribution in [2.24, 2.45) is 0 Å². The lowest BCUT2D eigenvalue weighted by Crippen LogP contribution is -2.15. The molecule has 1 N–H and O–H groups in total. The average Bonchev–Trinajstić information content (AvgIpc) is 2.41. The van der Waals surface area contributed by atoms with Crippen LogP contribution >= 0.6 is 15.9 Å². The van der Waals surface area contributed by atoms with E-state index in [1.165, 1.54) is 30.6 Å². The summed E-state index contributed by atoms with van der Waals surface area (Å²) in [5.74, 6) is 0.163. The molecule has 0 aliphatic carbocycles. The van der Waals surface area contributed by atoms with E-state index in [1.807, 2.05) is 0 Å². The molecule has 0 bridgehead atoms. The number of nitrogens with zero attached hydrogens (tertiary/aromatic N) is 3. The molecule has 2 aromatic rings. The van der Waals surface area contributed by atoms with Gasteiger partial charge in [-0.05, 0) is 40.2 Å². The van der Waals surface area contributed by atoms with Crippen molar-refractivity contribution >= 4 is 31.8 Å². The van der Waals surface area contributed by atoms with E-state index in [1.54, 1.807) is 12.1 Å². The summed E-state index contributed by atoms with van der Waals surface area (Å²) in [5, 5.41) is 8.86. The summed E-state index contributed by atoms with van der Waals surface area (Å²) in [6.07, 6.45) is 2.82. The summed E-state index contributed by atoms with van der Waals surface area (Å²) >= 11 is 3.20. The van der Waals surface area contributed by atoms with Gasteiger partial charge in [-0.2, -0.15) is 5.26 Å². The van der Waals surface area contributed by atoms with Crippen molar-refractivity contribution in [2.75, 3.05) is 4.72 Å². The van der Waals surface area contributed by atoms with Crippen LogP contribution in [-0.2, 0) is 10.0 Å². The number of hydrogen-bond acceptors (Lipinski definition) is 5. The molecule has 0 amide bonds. The summed E-state index contributed by atoms with van der Waals surface area (Å²) in [4.78, 5) is 7.44. The number of anilines is 1. The van der Waals surface area contributed by atoms with E-state index >= 15 is 0 Å². The Bertz CT molecular complexity index is 738. The lowest BCUT2D eigenvalue weighted by Gasteiger charge is -2.07. The second-order valence-corrected chi connectivity index (χ2v) is 6.00. The number of halogens is 1. The van der Waals surface area contributed by atoms with Gasteiger partial charge >= 0.3 is 0 Å². The first-order valence-electron chi connectivity index (χ1n) is 5.02. The fraction of sp³-hybridized carbons (Fsp3) is 0. The van der Waals surface area contributed by atoms with Gasteiger partial charge in [-0.25, -0.2) is 18.4 Å². The predicted octanol–water partition coefficient (Wildman–Crippen LogP) is 1.91. The van der Waals surface area contributed by atoms with E-state index in [9.17, 15) is 8.42 Å². The Morgan fingerprint density at radius 3 is 2.68 bits per heavy atom. The minimum Gasteiger partial charge on any atom is -0.263 e. The van der Waals surface area contributed by atoms with E-state index in [0.29, 0.717) is 0 Å². The molecule has 2 heterocycles. The van der Waals surface area contributed by atoms with Crippen LogP contribution in [0.2, 0.25) is 0 Å². The highest BCUT2D eigenvalue weighted by Crippen LogP contribution is 2.17. The molecule has 2 rings (SSSR count). The summed E-state index contributed by atoms with van der Waals surface area (Å²) in [7, 11) is -3.88. The second kappa shape index (κ2) is 5.34. The Morgan fingerprint density at radius 2 is 2.05 bits per heavy atom. The smallest absolute Gasteiger partial charge is 0.263 e. The van der Waals surface area contributed by atoms with Crippen molar-refractivity contribution in [3.8, 4) is 6.07 Å². The number of pyridine rings is 2. The maximum absolute atomic E-state index is 12.1. The molecule has 6 nitrogen and oxygen atoms in total. The van der Waals surface area contributed by atoms with E-state index in [2.05, 4.69) is 30.6 Å². The van der Waals surface area contributed by atoms with Gasteiger partial charge in [0.1, 0.15) is 16.8 Å². The van der Waals surface area contributed by atoms with Crippen molar-refractivity contribution in [3.63, 3.8) is 0 Å². The monoisotopic (exact) mass is 338 g/mol. The van der Waals surface area contributed by atoms with Gasteiger partial charge in [-0.15, -0.1) is 0 Å². The summed E-state index contributed by atoms with van der Waals surface area (Å²) in [5.41, 5.74) is -0.160. The average molecular weight is 339 g/mol. The second-order valence-electron chi connectivity index (χ2n) is 3.43. The van der Waals surface area contributed by atoms with Crippen LogP contribution in [0.25, 0.3) is 0 Å². The van der Waals surface area contributed by atoms with E-state index < -0.39 is 10.0 Å². The molecule has 0 saturated carbocycles. The Hall–Kier alpha value is -1.98. The van der Waals surface area contributed by atoms with E-state index in [0.717, 1.165) is 4.47 Å². The highest BCUT2D eigenvalue weighted by Gasteiger charge is 2.19. The minimum absolute atomic E-state index is 0.160. The molecular formula is C11H7BrN4O2S. The minimum atomic E-state index is -3.88. The summed E-state index contributed by atoms with van der Waals surface area (Å²) in [6.45, 7) is 0. The summed E-state index contributed by atoms with van der Waals surface area (Å²) < 4.78 is 27.2. The molecule has 0 fully saturated rings. The molecule has 0 atom stereocenters. The third kappa shape index (κ3) is 3.07. The fourth-order valence-electron chi connectivity index (χ4n) is 1.32. The maximum atomic E-state index is 12.1. The van der Waals surface area contributed by atoms with Crippen LogP contribution in [0.5, 0.6) is 0 Å². The molecule has 2 aromatic heterocycles. The van der Waals surface area contributed by atoms with Crippen LogP contribution in [0.4, 0.5) is 5.82 Å². The molecule has 0 aromatic carbocycles. The van der Waals surface area contributed by atoms with Crippen LogP contribution in [0.3, 0.4) is 0 Å². The highest BCUT2D eigenvalue weighted by molar-refractivity contribution is 9.10. The van der Waals surface area contributed by atoms with Crippen LogP contribution in [-0.4, -0.2) is 18.4 Å². The molecule has 8 heteroatoms. The molecular weight excluding hydrogens is 332 g/mol. The molecule has 0 saturated heterocycles. The molecule has 0 aliphatic rings. The number of rotatable bonds is 3. The lowest BCUT2D eigenvalue weighted by molar-refractivity contribution is 0.600. The molecule has 0 radical (unpaired) electrons. The molecule has 19 heavy (non-hydrogen) atoms. The largest absolute Gasteiger partial charge is 0.265 e. The number of aromatic nitrogens is 2. The van der Waals surface area contributed by atoms with Crippen LogP contribution in [0.15, 0.2) is 46.0 Å². The maximum Gasteiger partial charge on any atom is 0.265 e. The summed E-state index contributed by atoms with van der Waals surface area (Å²) in [6, 6.07) is 7.66. The van der Waals surface area contributed by atoms with Crippen molar-refractivity contribution < 1.29 is 8.42 Å². The Kier molecular flexibility index (Phi) is 3.78. The molecule has 0 unspecified atom stereocenters. The van der Waals surface area contributed by atoms with Crippen molar-refractivity contribution in [1.82, 2.24) is 9.97 Å². The topological polar surface area (TPSA) is 95.7 Å². The Labute approximate surface area is 118 Å². The van der Waals surface area contributed by atoms with Gasteiger partial charge in [0, 0.05) is 16.9 Å². The first-order chi connectivity index (χ1) is 9.03. The van der Waals surface area contributed by atoms with Crippen molar-refractivity contribution in [2.45, 2.75) is 4.90 Å². The number of sulfonamides is 1. The SMILES string of the molecule is N#Cc1ncccc1S(=O)(=O)Nc1ccc(Br)cn1. The van der Waals surface area contributed by atoms with E-state index in [4.69, 9.17) is 5.26 Å². The number of nitrogens with one attached hydrogen (secondary N) is 1. The van der Waals surface area contributed by atoms with Gasteiger partial charge in [-0.3, -0.25) is 4.72 Å². The first kappa shape index (κ1) is 13.5. The van der Waals surface area contributed by atoms with E-state index in [-0.39, 0.29) is 16.4 Å². The predicted molar refractivity (Wildman–Crippen MR) is 71.7 cm³/mol. The van der Waals surface area contributed by atoms with Gasteiger partial charge in [0.2, 0.25) is 0 Å². The van der Waals surface area contributed by atoms with Crippen molar-refractivity contribution in [3.05, 3.63) is 46.8 Å². The molecule has 0 spiro atoms. The highest BCUT2D eigenvalue weighted by atomic mass is 79.9. The Balaban J connectivity index is 2.38. The third-order valence-electron chi connectivity index (χ3n) is 2.13. The quantitative estimate of drug-likeness (QED) is 0.922. The van der Waals surface area contributed by atoms with Crippen molar-refractivity contribution in [1.29, 1.82) is 5.26 Å². The Morgan fingerprint density at radius 1 is 1.26 bits per heavy atom. The van der Waals surface area contributed by atoms with Gasteiger partial charge in [0.25, 0.3) is 10.0 Å². The molecule has 0 aliphatic heterocycles. The normalized spacial score (nSPS) is 10.7. The number of hydrogen-bond donors (Lipinski definition) is 1. The van der Waals surface area contributed by atoms with Crippen LogP contribution < -0.4 is 4.72 Å². The zero-order valence-electron chi connectivity index (χ0n) is 9.41. The standard InChI is InChI=1S/C11H7BrN4O2S/c12-8-3-4-11(15-7-8)16-19(17,18)10-2-1-5-14-9(10)6-13/h1-5,7H,(H,15,16). The number of nitriles is 1. The van der Waals surface area contributed by atoms with Gasteiger partial charge in [-0.1, -0.05) is 0 Å². The van der Waals surface area contributed by atoms with Crippen LogP contribution in [0, 0.1) is 11.3 Å². The zero-order chi connectivity index (χ0) is 13.9. The first-order valence-corrected chi connectivity index (χ1v) is 7.30. The fourth-order valence-corrected chi connectivity index (χ4v) is 2.67. The third-order valence-corrected chi connectivity index (χ3v) is 3.99. The van der Waals surface area contributed by atoms with Crippen LogP contribution in [0.1, 0.15) is 5.69 Å². The molecule has 96 valence electrons. The van der Waals surface area contributed by atoms with Gasteiger partial charge in [0.05, 0.1) is 0 Å². The lowest BCUT2D eigenvalue weighted by atomic mass is 10.4. The van der Waals surface area contributed by atoms with Gasteiger partial charge in [0.15, 0.2) is 5.69 Å². The zero-order valence-corrected chi connectivity index (χ0v) is 11.8. The van der Waals surface area contributed by atoms with Gasteiger partial charge < -0.3 is 0 Å².